The first-order valence-electron chi connectivity index (χ1n) is 4.91. The number of aryl methyl sites for hydroxylation is 1. The number of fused-ring (bicyclic) bond motifs is 1. The molecule has 16 heavy (non-hydrogen) atoms. The number of aromatic amines is 1. The molecule has 84 valence electrons. The van der Waals surface area contributed by atoms with E-state index in [0.717, 1.165) is 0 Å². The summed E-state index contributed by atoms with van der Waals surface area (Å²) in [6.45, 7) is 3.76. The molecule has 0 saturated carbocycles. The fraction of sp³-hybridized carbons (Fsp3) is 0.300. The molecule has 0 fully saturated rings. The predicted octanol–water partition coefficient (Wildman–Crippen LogP) is 1.03. The van der Waals surface area contributed by atoms with Crippen molar-refractivity contribution in [2.24, 2.45) is 0 Å². The predicted molar refractivity (Wildman–Crippen MR) is 59.0 cm³/mol. The number of ether oxygens (including phenoxy) is 1. The number of hydrogen-bond acceptors (Lipinski definition) is 5. The monoisotopic (exact) mass is 220 g/mol. The lowest BCUT2D eigenvalue weighted by atomic mass is 10.1. The summed E-state index contributed by atoms with van der Waals surface area (Å²) in [6, 6.07) is 0. The standard InChI is InChI=1S/C10H12N4O2/c1-3-16-10(15)7-5(2)13-9-6(8(7)11)4-12-14-9/h4H,3H2,1-2H3,(H3,11,12,13,14). The zero-order valence-corrected chi connectivity index (χ0v) is 9.07. The van der Waals surface area contributed by atoms with Crippen molar-refractivity contribution in [3.63, 3.8) is 0 Å². The molecule has 2 aromatic rings. The Balaban J connectivity index is 2.63. The van der Waals surface area contributed by atoms with E-state index in [-0.39, 0.29) is 0 Å². The lowest BCUT2D eigenvalue weighted by Gasteiger charge is -2.08. The summed E-state index contributed by atoms with van der Waals surface area (Å²) in [5.41, 5.74) is 7.67. The van der Waals surface area contributed by atoms with Crippen LogP contribution < -0.4 is 5.73 Å². The third-order valence-electron chi connectivity index (χ3n) is 2.30. The topological polar surface area (TPSA) is 93.9 Å². The normalized spacial score (nSPS) is 10.6. The Morgan fingerprint density at radius 1 is 1.62 bits per heavy atom. The van der Waals surface area contributed by atoms with E-state index in [0.29, 0.717) is 34.6 Å². The van der Waals surface area contributed by atoms with Crippen molar-refractivity contribution >= 4 is 22.7 Å². The van der Waals surface area contributed by atoms with Gasteiger partial charge in [-0.15, -0.1) is 0 Å². The van der Waals surface area contributed by atoms with Gasteiger partial charge >= 0.3 is 5.97 Å². The number of rotatable bonds is 2. The van der Waals surface area contributed by atoms with Gasteiger partial charge in [0, 0.05) is 0 Å². The molecule has 6 nitrogen and oxygen atoms in total. The number of esters is 1. The number of nitrogens with zero attached hydrogens (tertiary/aromatic N) is 2. The Kier molecular flexibility index (Phi) is 2.47. The first-order chi connectivity index (χ1) is 7.65. The maximum absolute atomic E-state index is 11.7. The van der Waals surface area contributed by atoms with Crippen LogP contribution in [-0.4, -0.2) is 27.8 Å². The second-order valence-electron chi connectivity index (χ2n) is 3.34. The number of nitrogen functional groups attached to an aromatic ring is 1. The highest BCUT2D eigenvalue weighted by atomic mass is 16.5. The van der Waals surface area contributed by atoms with Crippen molar-refractivity contribution < 1.29 is 9.53 Å². The van der Waals surface area contributed by atoms with E-state index >= 15 is 0 Å². The molecule has 0 aromatic carbocycles. The maximum Gasteiger partial charge on any atom is 0.342 e. The SMILES string of the molecule is CCOC(=O)c1c(C)nc2[nH]ncc2c1N. The summed E-state index contributed by atoms with van der Waals surface area (Å²) in [6.07, 6.45) is 1.54. The maximum atomic E-state index is 11.7. The van der Waals surface area contributed by atoms with Crippen LogP contribution >= 0.6 is 0 Å². The molecule has 2 aromatic heterocycles. The molecule has 0 aliphatic carbocycles. The van der Waals surface area contributed by atoms with E-state index in [1.54, 1.807) is 20.0 Å². The molecule has 3 N–H and O–H groups in total. The average Bonchev–Trinajstić information content (AvgIpc) is 2.66. The molecule has 0 amide bonds. The Morgan fingerprint density at radius 3 is 3.06 bits per heavy atom. The van der Waals surface area contributed by atoms with Crippen LogP contribution in [0.1, 0.15) is 23.0 Å². The summed E-state index contributed by atoms with van der Waals surface area (Å²) >= 11 is 0. The lowest BCUT2D eigenvalue weighted by Crippen LogP contribution is -2.11. The molecule has 2 heterocycles. The van der Waals surface area contributed by atoms with Crippen LogP contribution in [0.25, 0.3) is 11.0 Å². The van der Waals surface area contributed by atoms with E-state index in [4.69, 9.17) is 10.5 Å². The Labute approximate surface area is 91.8 Å². The average molecular weight is 220 g/mol. The zero-order valence-electron chi connectivity index (χ0n) is 9.07. The molecule has 2 rings (SSSR count). The number of aromatic nitrogens is 3. The Morgan fingerprint density at radius 2 is 2.38 bits per heavy atom. The van der Waals surface area contributed by atoms with Gasteiger partial charge in [0.15, 0.2) is 5.65 Å². The van der Waals surface area contributed by atoms with Gasteiger partial charge in [-0.25, -0.2) is 9.78 Å². The van der Waals surface area contributed by atoms with Crippen molar-refractivity contribution in [1.82, 2.24) is 15.2 Å². The summed E-state index contributed by atoms with van der Waals surface area (Å²) < 4.78 is 4.93. The molecule has 6 heteroatoms. The van der Waals surface area contributed by atoms with Gasteiger partial charge in [0.25, 0.3) is 0 Å². The molecule has 0 bridgehead atoms. The first-order valence-corrected chi connectivity index (χ1v) is 4.91. The van der Waals surface area contributed by atoms with Gasteiger partial charge in [0.2, 0.25) is 0 Å². The number of hydrogen-bond donors (Lipinski definition) is 2. The highest BCUT2D eigenvalue weighted by molar-refractivity contribution is 6.04. The second-order valence-corrected chi connectivity index (χ2v) is 3.34. The smallest absolute Gasteiger partial charge is 0.342 e. The van der Waals surface area contributed by atoms with E-state index in [9.17, 15) is 4.79 Å². The third kappa shape index (κ3) is 1.48. The summed E-state index contributed by atoms with van der Waals surface area (Å²) in [5.74, 6) is -0.451. The molecule has 0 radical (unpaired) electrons. The first kappa shape index (κ1) is 10.4. The number of anilines is 1. The number of pyridine rings is 1. The van der Waals surface area contributed by atoms with Crippen LogP contribution in [0, 0.1) is 6.92 Å². The summed E-state index contributed by atoms with van der Waals surface area (Å²) in [7, 11) is 0. The summed E-state index contributed by atoms with van der Waals surface area (Å²) in [4.78, 5) is 15.9. The molecule has 0 spiro atoms. The Hall–Kier alpha value is -2.11. The fourth-order valence-electron chi connectivity index (χ4n) is 1.58. The van der Waals surface area contributed by atoms with E-state index in [1.165, 1.54) is 0 Å². The number of carbonyl (C=O) groups is 1. The van der Waals surface area contributed by atoms with Crippen LogP contribution in [0.15, 0.2) is 6.20 Å². The van der Waals surface area contributed by atoms with Crippen LogP contribution in [0.4, 0.5) is 5.69 Å². The van der Waals surface area contributed by atoms with Gasteiger partial charge in [-0.1, -0.05) is 0 Å². The highest BCUT2D eigenvalue weighted by Crippen LogP contribution is 2.24. The number of nitrogens with one attached hydrogen (secondary N) is 1. The molecule has 0 aliphatic heterocycles. The molecule has 0 atom stereocenters. The molecule has 0 unspecified atom stereocenters. The lowest BCUT2D eigenvalue weighted by molar-refractivity contribution is 0.0526. The minimum absolute atomic E-state index is 0.307. The van der Waals surface area contributed by atoms with Crippen LogP contribution in [0.2, 0.25) is 0 Å². The minimum atomic E-state index is -0.451. The molecule has 0 aliphatic rings. The van der Waals surface area contributed by atoms with E-state index in [1.807, 2.05) is 0 Å². The van der Waals surface area contributed by atoms with Crippen LogP contribution in [-0.2, 0) is 4.74 Å². The highest BCUT2D eigenvalue weighted by Gasteiger charge is 2.18. The van der Waals surface area contributed by atoms with Gasteiger partial charge in [0.05, 0.1) is 29.6 Å². The van der Waals surface area contributed by atoms with Gasteiger partial charge in [0.1, 0.15) is 5.56 Å². The van der Waals surface area contributed by atoms with Crippen molar-refractivity contribution in [2.75, 3.05) is 12.3 Å². The fourth-order valence-corrected chi connectivity index (χ4v) is 1.58. The Bertz CT molecular complexity index is 547. The van der Waals surface area contributed by atoms with Gasteiger partial charge in [-0.3, -0.25) is 5.10 Å². The number of carbonyl (C=O) groups excluding carboxylic acids is 1. The molecule has 0 saturated heterocycles. The van der Waals surface area contributed by atoms with Crippen LogP contribution in [0.3, 0.4) is 0 Å². The number of nitrogens with two attached hydrogens (primary N) is 1. The van der Waals surface area contributed by atoms with Crippen molar-refractivity contribution in [3.05, 3.63) is 17.5 Å². The van der Waals surface area contributed by atoms with E-state index in [2.05, 4.69) is 15.2 Å². The van der Waals surface area contributed by atoms with E-state index < -0.39 is 5.97 Å². The van der Waals surface area contributed by atoms with Gasteiger partial charge < -0.3 is 10.5 Å². The largest absolute Gasteiger partial charge is 0.462 e. The second kappa shape index (κ2) is 3.80. The third-order valence-corrected chi connectivity index (χ3v) is 2.30. The number of H-pyrrole nitrogens is 1. The van der Waals surface area contributed by atoms with Crippen molar-refractivity contribution in [3.8, 4) is 0 Å². The zero-order chi connectivity index (χ0) is 11.7. The summed E-state index contributed by atoms with van der Waals surface area (Å²) in [5, 5.41) is 7.17. The van der Waals surface area contributed by atoms with Gasteiger partial charge in [-0.05, 0) is 13.8 Å². The molecular formula is C10H12N4O2. The minimum Gasteiger partial charge on any atom is -0.462 e. The van der Waals surface area contributed by atoms with Crippen LogP contribution in [0.5, 0.6) is 0 Å². The van der Waals surface area contributed by atoms with Gasteiger partial charge in [-0.2, -0.15) is 5.10 Å². The van der Waals surface area contributed by atoms with Crippen molar-refractivity contribution in [2.45, 2.75) is 13.8 Å². The quantitative estimate of drug-likeness (QED) is 0.737. The van der Waals surface area contributed by atoms with Crippen molar-refractivity contribution in [1.29, 1.82) is 0 Å². The molecular weight excluding hydrogens is 208 g/mol.